The maximum absolute atomic E-state index is 11.7. The normalized spacial score (nSPS) is 26.5. The first-order valence-electron chi connectivity index (χ1n) is 8.02. The van der Waals surface area contributed by atoms with Crippen LogP contribution in [0, 0.1) is 11.8 Å². The van der Waals surface area contributed by atoms with Crippen LogP contribution in [0.1, 0.15) is 57.8 Å². The quantitative estimate of drug-likeness (QED) is 0.818. The van der Waals surface area contributed by atoms with Crippen molar-refractivity contribution in [1.82, 2.24) is 5.32 Å². The molecule has 2 aliphatic rings. The zero-order valence-corrected chi connectivity index (χ0v) is 13.1. The molecule has 2 fully saturated rings. The van der Waals surface area contributed by atoms with Crippen molar-refractivity contribution in [3.05, 3.63) is 0 Å². The van der Waals surface area contributed by atoms with Gasteiger partial charge in [0.15, 0.2) is 9.84 Å². The Hall–Kier alpha value is -0.580. The second kappa shape index (κ2) is 7.43. The lowest BCUT2D eigenvalue weighted by Crippen LogP contribution is -2.29. The summed E-state index contributed by atoms with van der Waals surface area (Å²) in [5.74, 6) is 1.58. The minimum Gasteiger partial charge on any atom is -0.356 e. The Morgan fingerprint density at radius 2 is 1.80 bits per heavy atom. The van der Waals surface area contributed by atoms with Crippen LogP contribution in [0.4, 0.5) is 0 Å². The molecule has 1 saturated carbocycles. The van der Waals surface area contributed by atoms with Crippen LogP contribution in [0.15, 0.2) is 0 Å². The zero-order chi connectivity index (χ0) is 14.4. The zero-order valence-electron chi connectivity index (χ0n) is 12.3. The maximum atomic E-state index is 11.7. The van der Waals surface area contributed by atoms with Crippen LogP contribution in [0.5, 0.6) is 0 Å². The molecule has 0 aromatic heterocycles. The van der Waals surface area contributed by atoms with Gasteiger partial charge in [-0.05, 0) is 31.1 Å². The number of sulfone groups is 1. The molecule has 4 nitrogen and oxygen atoms in total. The van der Waals surface area contributed by atoms with Gasteiger partial charge in [0, 0.05) is 13.0 Å². The van der Waals surface area contributed by atoms with Crippen molar-refractivity contribution < 1.29 is 13.2 Å². The monoisotopic (exact) mass is 301 g/mol. The van der Waals surface area contributed by atoms with Gasteiger partial charge in [0.2, 0.25) is 5.91 Å². The third kappa shape index (κ3) is 5.43. The van der Waals surface area contributed by atoms with E-state index in [1.165, 1.54) is 38.5 Å². The third-order valence-corrected chi connectivity index (χ3v) is 6.49. The van der Waals surface area contributed by atoms with Gasteiger partial charge in [-0.3, -0.25) is 4.79 Å². The first-order chi connectivity index (χ1) is 9.55. The molecule has 116 valence electrons. The Bertz CT molecular complexity index is 413. The van der Waals surface area contributed by atoms with E-state index in [1.54, 1.807) is 0 Å². The number of nitrogens with one attached hydrogen (secondary N) is 1. The summed E-state index contributed by atoms with van der Waals surface area (Å²) in [6.45, 7) is 0.529. The smallest absolute Gasteiger partial charge is 0.220 e. The molecule has 1 heterocycles. The molecule has 1 N–H and O–H groups in total. The van der Waals surface area contributed by atoms with Crippen LogP contribution in [0.25, 0.3) is 0 Å². The Morgan fingerprint density at radius 1 is 1.05 bits per heavy atom. The largest absolute Gasteiger partial charge is 0.356 e. The number of hydrogen-bond donors (Lipinski definition) is 1. The predicted molar refractivity (Wildman–Crippen MR) is 80.2 cm³/mol. The lowest BCUT2D eigenvalue weighted by Gasteiger charge is -2.21. The van der Waals surface area contributed by atoms with E-state index >= 15 is 0 Å². The number of carbonyl (C=O) groups excluding carboxylic acids is 1. The molecule has 0 aromatic rings. The fraction of sp³-hybridized carbons (Fsp3) is 0.933. The summed E-state index contributed by atoms with van der Waals surface area (Å²) >= 11 is 0. The first-order valence-corrected chi connectivity index (χ1v) is 9.84. The molecule has 1 unspecified atom stereocenters. The van der Waals surface area contributed by atoms with Gasteiger partial charge in [0.1, 0.15) is 0 Å². The van der Waals surface area contributed by atoms with Gasteiger partial charge in [-0.2, -0.15) is 0 Å². The second-order valence-corrected chi connectivity index (χ2v) is 8.70. The summed E-state index contributed by atoms with van der Waals surface area (Å²) in [6, 6.07) is 0. The van der Waals surface area contributed by atoms with Gasteiger partial charge in [-0.1, -0.05) is 32.1 Å². The van der Waals surface area contributed by atoms with Crippen molar-refractivity contribution >= 4 is 15.7 Å². The molecule has 1 aliphatic heterocycles. The fourth-order valence-corrected chi connectivity index (χ4v) is 5.27. The lowest BCUT2D eigenvalue weighted by atomic mass is 9.86. The van der Waals surface area contributed by atoms with Gasteiger partial charge in [-0.25, -0.2) is 8.42 Å². The Balaban J connectivity index is 1.54. The Kier molecular flexibility index (Phi) is 5.87. The van der Waals surface area contributed by atoms with Crippen molar-refractivity contribution in [3.8, 4) is 0 Å². The Labute approximate surface area is 122 Å². The average Bonchev–Trinajstić information content (AvgIpc) is 2.77. The van der Waals surface area contributed by atoms with E-state index in [2.05, 4.69) is 5.32 Å². The molecule has 5 heteroatoms. The van der Waals surface area contributed by atoms with E-state index in [0.29, 0.717) is 19.4 Å². The fourth-order valence-electron chi connectivity index (χ4n) is 3.41. The Morgan fingerprint density at radius 3 is 2.45 bits per heavy atom. The number of rotatable bonds is 6. The molecule has 1 amide bonds. The lowest BCUT2D eigenvalue weighted by molar-refractivity contribution is -0.121. The van der Waals surface area contributed by atoms with E-state index in [0.717, 1.165) is 12.3 Å². The second-order valence-electron chi connectivity index (χ2n) is 6.47. The molecule has 1 saturated heterocycles. The molecule has 1 aliphatic carbocycles. The van der Waals surface area contributed by atoms with Crippen LogP contribution in [0.2, 0.25) is 0 Å². The van der Waals surface area contributed by atoms with Crippen molar-refractivity contribution in [2.75, 3.05) is 18.1 Å². The predicted octanol–water partition coefficient (Wildman–Crippen LogP) is 2.29. The molecule has 0 radical (unpaired) electrons. The molecular weight excluding hydrogens is 274 g/mol. The van der Waals surface area contributed by atoms with E-state index in [4.69, 9.17) is 0 Å². The number of amides is 1. The number of hydrogen-bond acceptors (Lipinski definition) is 3. The van der Waals surface area contributed by atoms with E-state index in [-0.39, 0.29) is 23.3 Å². The molecule has 1 atom stereocenters. The third-order valence-electron chi connectivity index (χ3n) is 4.66. The SMILES string of the molecule is O=C(CCCC1CCCCC1)NCC1CCS(=O)(=O)C1. The average molecular weight is 301 g/mol. The summed E-state index contributed by atoms with van der Waals surface area (Å²) in [6.07, 6.45) is 10.2. The van der Waals surface area contributed by atoms with E-state index in [9.17, 15) is 13.2 Å². The van der Waals surface area contributed by atoms with Crippen molar-refractivity contribution in [2.24, 2.45) is 11.8 Å². The highest BCUT2D eigenvalue weighted by atomic mass is 32.2. The minimum absolute atomic E-state index is 0.0881. The first kappa shape index (κ1) is 15.8. The highest BCUT2D eigenvalue weighted by molar-refractivity contribution is 7.91. The minimum atomic E-state index is -2.83. The van der Waals surface area contributed by atoms with Gasteiger partial charge >= 0.3 is 0 Å². The molecule has 2 rings (SSSR count). The standard InChI is InChI=1S/C15H27NO3S/c17-15(8-4-7-13-5-2-1-3-6-13)16-11-14-9-10-20(18,19)12-14/h13-14H,1-12H2,(H,16,17). The summed E-state index contributed by atoms with van der Waals surface area (Å²) < 4.78 is 22.6. The van der Waals surface area contributed by atoms with Crippen molar-refractivity contribution in [3.63, 3.8) is 0 Å². The van der Waals surface area contributed by atoms with E-state index in [1.807, 2.05) is 0 Å². The van der Waals surface area contributed by atoms with Gasteiger partial charge in [0.25, 0.3) is 0 Å². The highest BCUT2D eigenvalue weighted by Crippen LogP contribution is 2.27. The van der Waals surface area contributed by atoms with Crippen LogP contribution in [-0.2, 0) is 14.6 Å². The highest BCUT2D eigenvalue weighted by Gasteiger charge is 2.27. The molecule has 0 spiro atoms. The summed E-state index contributed by atoms with van der Waals surface area (Å²) in [5, 5.41) is 2.90. The molecule has 0 bridgehead atoms. The molecular formula is C15H27NO3S. The van der Waals surface area contributed by atoms with Gasteiger partial charge in [-0.15, -0.1) is 0 Å². The van der Waals surface area contributed by atoms with Gasteiger partial charge < -0.3 is 5.32 Å². The number of carbonyl (C=O) groups is 1. The van der Waals surface area contributed by atoms with Crippen molar-refractivity contribution in [1.29, 1.82) is 0 Å². The summed E-state index contributed by atoms with van der Waals surface area (Å²) in [7, 11) is -2.83. The topological polar surface area (TPSA) is 63.2 Å². The van der Waals surface area contributed by atoms with Crippen molar-refractivity contribution in [2.45, 2.75) is 57.8 Å². The van der Waals surface area contributed by atoms with E-state index < -0.39 is 9.84 Å². The summed E-state index contributed by atoms with van der Waals surface area (Å²) in [5.41, 5.74) is 0. The van der Waals surface area contributed by atoms with Crippen LogP contribution >= 0.6 is 0 Å². The van der Waals surface area contributed by atoms with Crippen LogP contribution < -0.4 is 5.32 Å². The molecule has 20 heavy (non-hydrogen) atoms. The summed E-state index contributed by atoms with van der Waals surface area (Å²) in [4.78, 5) is 11.7. The van der Waals surface area contributed by atoms with Crippen LogP contribution in [0.3, 0.4) is 0 Å². The van der Waals surface area contributed by atoms with Gasteiger partial charge in [0.05, 0.1) is 11.5 Å². The van der Waals surface area contributed by atoms with Crippen LogP contribution in [-0.4, -0.2) is 32.4 Å². The molecule has 0 aromatic carbocycles. The maximum Gasteiger partial charge on any atom is 0.220 e.